The minimum Gasteiger partial charge on any atom is -0.358 e. The van der Waals surface area contributed by atoms with Crippen LogP contribution in [0.15, 0.2) is 18.3 Å². The van der Waals surface area contributed by atoms with Crippen molar-refractivity contribution in [3.8, 4) is 0 Å². The third-order valence-electron chi connectivity index (χ3n) is 2.66. The molecule has 3 nitrogen and oxygen atoms in total. The van der Waals surface area contributed by atoms with Gasteiger partial charge >= 0.3 is 0 Å². The van der Waals surface area contributed by atoms with Gasteiger partial charge in [-0.1, -0.05) is 15.9 Å². The first kappa shape index (κ1) is 9.90. The Bertz CT molecular complexity index is 285. The van der Waals surface area contributed by atoms with Gasteiger partial charge in [0, 0.05) is 24.6 Å². The van der Waals surface area contributed by atoms with Crippen molar-refractivity contribution in [3.05, 3.63) is 18.3 Å². The molecule has 14 heavy (non-hydrogen) atoms. The molecule has 76 valence electrons. The molecule has 4 heteroatoms. The van der Waals surface area contributed by atoms with Gasteiger partial charge in [-0.15, -0.1) is 5.10 Å². The zero-order valence-corrected chi connectivity index (χ0v) is 9.81. The van der Waals surface area contributed by atoms with Crippen LogP contribution in [0.4, 0.5) is 5.82 Å². The van der Waals surface area contributed by atoms with Crippen LogP contribution in [0.5, 0.6) is 0 Å². The van der Waals surface area contributed by atoms with E-state index in [-0.39, 0.29) is 0 Å². The van der Waals surface area contributed by atoms with Crippen LogP contribution in [0.3, 0.4) is 0 Å². The summed E-state index contributed by atoms with van der Waals surface area (Å²) in [7, 11) is 2.07. The Morgan fingerprint density at radius 3 is 2.93 bits per heavy atom. The van der Waals surface area contributed by atoms with Crippen LogP contribution in [0, 0.1) is 5.92 Å². The van der Waals surface area contributed by atoms with E-state index in [1.54, 1.807) is 6.20 Å². The predicted octanol–water partition coefficient (Wildman–Crippen LogP) is 2.09. The van der Waals surface area contributed by atoms with Gasteiger partial charge in [-0.2, -0.15) is 5.10 Å². The van der Waals surface area contributed by atoms with Crippen molar-refractivity contribution in [3.63, 3.8) is 0 Å². The first-order valence-electron chi connectivity index (χ1n) is 4.88. The number of anilines is 1. The molecule has 1 saturated carbocycles. The zero-order chi connectivity index (χ0) is 9.97. The number of nitrogens with zero attached hydrogens (tertiary/aromatic N) is 3. The molecule has 1 fully saturated rings. The van der Waals surface area contributed by atoms with Crippen LogP contribution in [0.2, 0.25) is 0 Å². The van der Waals surface area contributed by atoms with Crippen LogP contribution in [-0.4, -0.2) is 28.6 Å². The molecule has 0 bridgehead atoms. The third-order valence-corrected chi connectivity index (χ3v) is 3.41. The lowest BCUT2D eigenvalue weighted by Crippen LogP contribution is -2.35. The number of alkyl halides is 1. The fraction of sp³-hybridized carbons (Fsp3) is 0.600. The Hall–Kier alpha value is -0.640. The summed E-state index contributed by atoms with van der Waals surface area (Å²) in [5, 5.41) is 7.94. The van der Waals surface area contributed by atoms with E-state index < -0.39 is 0 Å². The molecule has 0 aromatic carbocycles. The van der Waals surface area contributed by atoms with Crippen LogP contribution in [0.25, 0.3) is 0 Å². The fourth-order valence-electron chi connectivity index (χ4n) is 1.78. The molecule has 1 aliphatic carbocycles. The second-order valence-corrected chi connectivity index (χ2v) is 5.19. The average Bonchev–Trinajstić information content (AvgIpc) is 2.17. The van der Waals surface area contributed by atoms with Crippen molar-refractivity contribution in [2.24, 2.45) is 5.92 Å². The van der Waals surface area contributed by atoms with Crippen molar-refractivity contribution in [2.45, 2.75) is 17.7 Å². The van der Waals surface area contributed by atoms with Gasteiger partial charge in [-0.3, -0.25) is 0 Å². The molecular weight excluding hydrogens is 242 g/mol. The Balaban J connectivity index is 1.87. The average molecular weight is 256 g/mol. The number of hydrogen-bond donors (Lipinski definition) is 0. The first-order valence-corrected chi connectivity index (χ1v) is 5.80. The fourth-order valence-corrected chi connectivity index (χ4v) is 2.84. The molecule has 0 N–H and O–H groups in total. The molecule has 0 aliphatic heterocycles. The molecule has 0 spiro atoms. The number of halogens is 1. The van der Waals surface area contributed by atoms with E-state index in [1.807, 2.05) is 12.1 Å². The summed E-state index contributed by atoms with van der Waals surface area (Å²) < 4.78 is 0. The SMILES string of the molecule is CN(CC1CC(Br)C1)c1cccnn1. The highest BCUT2D eigenvalue weighted by molar-refractivity contribution is 9.09. The Morgan fingerprint density at radius 2 is 2.36 bits per heavy atom. The predicted molar refractivity (Wildman–Crippen MR) is 60.7 cm³/mol. The summed E-state index contributed by atoms with van der Waals surface area (Å²) in [5.74, 6) is 1.77. The van der Waals surface area contributed by atoms with E-state index in [0.29, 0.717) is 0 Å². The lowest BCUT2D eigenvalue weighted by atomic mass is 9.85. The molecule has 1 aromatic heterocycles. The molecule has 1 heterocycles. The van der Waals surface area contributed by atoms with E-state index >= 15 is 0 Å². The van der Waals surface area contributed by atoms with E-state index in [0.717, 1.165) is 23.1 Å². The number of aromatic nitrogens is 2. The highest BCUT2D eigenvalue weighted by atomic mass is 79.9. The monoisotopic (exact) mass is 255 g/mol. The van der Waals surface area contributed by atoms with Gasteiger partial charge in [-0.25, -0.2) is 0 Å². The van der Waals surface area contributed by atoms with Gasteiger partial charge in [0.15, 0.2) is 5.82 Å². The maximum atomic E-state index is 4.07. The summed E-state index contributed by atoms with van der Waals surface area (Å²) in [6, 6.07) is 3.92. The summed E-state index contributed by atoms with van der Waals surface area (Å²) in [6.45, 7) is 1.08. The lowest BCUT2D eigenvalue weighted by Gasteiger charge is -2.34. The highest BCUT2D eigenvalue weighted by Gasteiger charge is 2.27. The van der Waals surface area contributed by atoms with Gasteiger partial charge in [0.25, 0.3) is 0 Å². The van der Waals surface area contributed by atoms with Gasteiger partial charge in [0.1, 0.15) is 0 Å². The van der Waals surface area contributed by atoms with Crippen molar-refractivity contribution in [1.29, 1.82) is 0 Å². The van der Waals surface area contributed by atoms with E-state index in [4.69, 9.17) is 0 Å². The molecule has 2 rings (SSSR count). The van der Waals surface area contributed by atoms with E-state index in [9.17, 15) is 0 Å². The van der Waals surface area contributed by atoms with Gasteiger partial charge in [0.05, 0.1) is 0 Å². The van der Waals surface area contributed by atoms with Crippen LogP contribution >= 0.6 is 15.9 Å². The maximum Gasteiger partial charge on any atom is 0.150 e. The molecule has 0 unspecified atom stereocenters. The van der Waals surface area contributed by atoms with Crippen LogP contribution in [-0.2, 0) is 0 Å². The number of rotatable bonds is 3. The van der Waals surface area contributed by atoms with Gasteiger partial charge in [0.2, 0.25) is 0 Å². The molecule has 0 radical (unpaired) electrons. The molecule has 1 aromatic rings. The second kappa shape index (κ2) is 4.26. The standard InChI is InChI=1S/C10H14BrN3/c1-14(7-8-5-9(11)6-8)10-3-2-4-12-13-10/h2-4,8-9H,5-7H2,1H3. The lowest BCUT2D eigenvalue weighted by molar-refractivity contribution is 0.338. The van der Waals surface area contributed by atoms with Crippen LogP contribution in [0.1, 0.15) is 12.8 Å². The Labute approximate surface area is 92.7 Å². The first-order chi connectivity index (χ1) is 6.75. The van der Waals surface area contributed by atoms with Crippen molar-refractivity contribution in [2.75, 3.05) is 18.5 Å². The van der Waals surface area contributed by atoms with Crippen molar-refractivity contribution < 1.29 is 0 Å². The normalized spacial score (nSPS) is 25.6. The van der Waals surface area contributed by atoms with Gasteiger partial charge < -0.3 is 4.90 Å². The topological polar surface area (TPSA) is 29.0 Å². The van der Waals surface area contributed by atoms with Gasteiger partial charge in [-0.05, 0) is 30.9 Å². The summed E-state index contributed by atoms with van der Waals surface area (Å²) >= 11 is 3.60. The molecule has 0 saturated heterocycles. The highest BCUT2D eigenvalue weighted by Crippen LogP contribution is 2.33. The third kappa shape index (κ3) is 2.23. The maximum absolute atomic E-state index is 4.07. The molecule has 1 aliphatic rings. The largest absolute Gasteiger partial charge is 0.358 e. The van der Waals surface area contributed by atoms with E-state index in [1.165, 1.54) is 12.8 Å². The van der Waals surface area contributed by atoms with E-state index in [2.05, 4.69) is 38.1 Å². The van der Waals surface area contributed by atoms with Crippen molar-refractivity contribution >= 4 is 21.7 Å². The minimum absolute atomic E-state index is 0.739. The molecule has 0 amide bonds. The second-order valence-electron chi connectivity index (χ2n) is 3.90. The quantitative estimate of drug-likeness (QED) is 0.775. The van der Waals surface area contributed by atoms with Crippen LogP contribution < -0.4 is 4.90 Å². The Kier molecular flexibility index (Phi) is 3.01. The summed E-state index contributed by atoms with van der Waals surface area (Å²) in [6.07, 6.45) is 4.27. The smallest absolute Gasteiger partial charge is 0.150 e. The summed E-state index contributed by atoms with van der Waals surface area (Å²) in [4.78, 5) is 2.92. The zero-order valence-electron chi connectivity index (χ0n) is 8.23. The van der Waals surface area contributed by atoms with Crippen molar-refractivity contribution in [1.82, 2.24) is 10.2 Å². The minimum atomic E-state index is 0.739. The Morgan fingerprint density at radius 1 is 1.57 bits per heavy atom. The molecular formula is C10H14BrN3. The number of hydrogen-bond acceptors (Lipinski definition) is 3. The molecule has 0 atom stereocenters. The summed E-state index contributed by atoms with van der Waals surface area (Å²) in [5.41, 5.74) is 0.